The summed E-state index contributed by atoms with van der Waals surface area (Å²) in [6.07, 6.45) is 8.90. The van der Waals surface area contributed by atoms with E-state index in [9.17, 15) is 13.2 Å². The first-order valence-corrected chi connectivity index (χ1v) is 13.5. The van der Waals surface area contributed by atoms with Gasteiger partial charge in [0.1, 0.15) is 4.21 Å². The van der Waals surface area contributed by atoms with E-state index in [-0.39, 0.29) is 16.7 Å². The van der Waals surface area contributed by atoms with Crippen molar-refractivity contribution in [1.82, 2.24) is 19.4 Å². The lowest BCUT2D eigenvalue weighted by molar-refractivity contribution is -0.120. The van der Waals surface area contributed by atoms with Crippen molar-refractivity contribution < 1.29 is 17.7 Å². The number of hydrogen-bond acceptors (Lipinski definition) is 8. The van der Waals surface area contributed by atoms with Crippen LogP contribution in [0.15, 0.2) is 44.7 Å². The Bertz CT molecular complexity index is 1220. The Kier molecular flexibility index (Phi) is 6.26. The van der Waals surface area contributed by atoms with Crippen LogP contribution in [0, 0.1) is 5.92 Å². The third-order valence-electron chi connectivity index (χ3n) is 6.26. The van der Waals surface area contributed by atoms with E-state index in [0.29, 0.717) is 48.3 Å². The number of sulfonamides is 1. The third kappa shape index (κ3) is 4.71. The Hall–Kier alpha value is -2.63. The van der Waals surface area contributed by atoms with Crippen molar-refractivity contribution in [2.75, 3.05) is 18.4 Å². The normalized spacial score (nSPS) is 20.2. The Morgan fingerprint density at radius 3 is 2.85 bits per heavy atom. The molecule has 3 aromatic rings. The molecule has 1 amide bonds. The molecular formula is C22H25N5O4S2. The molecule has 1 aliphatic heterocycles. The van der Waals surface area contributed by atoms with E-state index in [2.05, 4.69) is 20.4 Å². The van der Waals surface area contributed by atoms with Gasteiger partial charge in [-0.3, -0.25) is 9.78 Å². The third-order valence-corrected chi connectivity index (χ3v) is 9.54. The monoisotopic (exact) mass is 487 g/mol. The van der Waals surface area contributed by atoms with Gasteiger partial charge in [0.15, 0.2) is 0 Å². The number of pyridine rings is 1. The molecule has 9 nitrogen and oxygen atoms in total. The molecule has 0 spiro atoms. The van der Waals surface area contributed by atoms with Crippen LogP contribution in [0.1, 0.15) is 50.3 Å². The number of nitrogens with one attached hydrogen (secondary N) is 1. The summed E-state index contributed by atoms with van der Waals surface area (Å²) in [4.78, 5) is 21.2. The van der Waals surface area contributed by atoms with Gasteiger partial charge in [0.2, 0.25) is 17.6 Å². The number of thiophene rings is 1. The van der Waals surface area contributed by atoms with E-state index in [4.69, 9.17) is 4.52 Å². The predicted octanol–water partition coefficient (Wildman–Crippen LogP) is 3.89. The molecule has 3 aromatic heterocycles. The van der Waals surface area contributed by atoms with Crippen molar-refractivity contribution in [2.45, 2.75) is 48.7 Å². The van der Waals surface area contributed by atoms with E-state index in [1.807, 2.05) is 0 Å². The number of carbonyl (C=O) groups is 1. The van der Waals surface area contributed by atoms with Gasteiger partial charge in [-0.2, -0.15) is 9.29 Å². The second kappa shape index (κ2) is 9.32. The van der Waals surface area contributed by atoms with Gasteiger partial charge in [-0.1, -0.05) is 18.0 Å². The van der Waals surface area contributed by atoms with Crippen LogP contribution in [0.2, 0.25) is 0 Å². The largest absolute Gasteiger partial charge is 0.339 e. The summed E-state index contributed by atoms with van der Waals surface area (Å²) < 4.78 is 33.7. The zero-order valence-corrected chi connectivity index (χ0v) is 19.6. The molecule has 5 rings (SSSR count). The Morgan fingerprint density at radius 2 is 2.06 bits per heavy atom. The van der Waals surface area contributed by atoms with E-state index in [1.54, 1.807) is 36.0 Å². The molecule has 11 heteroatoms. The molecule has 4 heterocycles. The number of aromatic nitrogens is 3. The molecule has 0 bridgehead atoms. The average Bonchev–Trinajstić information content (AvgIpc) is 3.61. The van der Waals surface area contributed by atoms with Crippen molar-refractivity contribution in [2.24, 2.45) is 5.92 Å². The van der Waals surface area contributed by atoms with E-state index < -0.39 is 15.9 Å². The molecule has 1 saturated heterocycles. The topological polar surface area (TPSA) is 118 Å². The molecule has 33 heavy (non-hydrogen) atoms. The highest BCUT2D eigenvalue weighted by atomic mass is 32.2. The summed E-state index contributed by atoms with van der Waals surface area (Å²) in [5.74, 6) is 0.745. The van der Waals surface area contributed by atoms with E-state index in [1.165, 1.54) is 17.1 Å². The lowest BCUT2D eigenvalue weighted by atomic mass is 9.99. The van der Waals surface area contributed by atoms with Gasteiger partial charge in [0.25, 0.3) is 10.0 Å². The number of nitrogens with zero attached hydrogens (tertiary/aromatic N) is 4. The van der Waals surface area contributed by atoms with Gasteiger partial charge < -0.3 is 9.84 Å². The SMILES string of the molecule is O=C(Nc1cccnc1)C1CCCN(S(=O)(=O)c2cc(-c3noc(C4CCCC4)n3)cs2)C1. The van der Waals surface area contributed by atoms with Crippen LogP contribution >= 0.6 is 11.3 Å². The Balaban J connectivity index is 1.28. The highest BCUT2D eigenvalue weighted by molar-refractivity contribution is 7.91. The van der Waals surface area contributed by atoms with Gasteiger partial charge >= 0.3 is 0 Å². The maximum absolute atomic E-state index is 13.3. The van der Waals surface area contributed by atoms with Crippen molar-refractivity contribution in [3.63, 3.8) is 0 Å². The van der Waals surface area contributed by atoms with Crippen LogP contribution in [0.4, 0.5) is 5.69 Å². The van der Waals surface area contributed by atoms with Gasteiger partial charge in [-0.05, 0) is 43.9 Å². The molecule has 1 N–H and O–H groups in total. The lowest BCUT2D eigenvalue weighted by Crippen LogP contribution is -2.43. The first kappa shape index (κ1) is 22.2. The highest BCUT2D eigenvalue weighted by Crippen LogP contribution is 2.35. The van der Waals surface area contributed by atoms with Crippen LogP contribution in [-0.4, -0.2) is 46.8 Å². The van der Waals surface area contributed by atoms with Crippen LogP contribution < -0.4 is 5.32 Å². The van der Waals surface area contributed by atoms with E-state index >= 15 is 0 Å². The Labute approximate surface area is 196 Å². The van der Waals surface area contributed by atoms with Crippen LogP contribution in [0.25, 0.3) is 11.4 Å². The molecular weight excluding hydrogens is 462 g/mol. The van der Waals surface area contributed by atoms with Gasteiger partial charge in [-0.15, -0.1) is 11.3 Å². The van der Waals surface area contributed by atoms with Crippen molar-refractivity contribution in [1.29, 1.82) is 0 Å². The fourth-order valence-corrected chi connectivity index (χ4v) is 7.28. The predicted molar refractivity (Wildman–Crippen MR) is 123 cm³/mol. The summed E-state index contributed by atoms with van der Waals surface area (Å²) in [5, 5.41) is 8.64. The number of carbonyl (C=O) groups excluding carboxylic acids is 1. The maximum atomic E-state index is 13.3. The first-order chi connectivity index (χ1) is 16.0. The summed E-state index contributed by atoms with van der Waals surface area (Å²) in [6.45, 7) is 0.538. The molecule has 174 valence electrons. The number of amides is 1. The van der Waals surface area contributed by atoms with Gasteiger partial charge in [0, 0.05) is 36.1 Å². The number of rotatable bonds is 6. The quantitative estimate of drug-likeness (QED) is 0.560. The fourth-order valence-electron chi connectivity index (χ4n) is 4.44. The average molecular weight is 488 g/mol. The van der Waals surface area contributed by atoms with E-state index in [0.717, 1.165) is 24.2 Å². The van der Waals surface area contributed by atoms with Gasteiger partial charge in [-0.25, -0.2) is 8.42 Å². The summed E-state index contributed by atoms with van der Waals surface area (Å²) in [7, 11) is -3.72. The number of anilines is 1. The van der Waals surface area contributed by atoms with Crippen molar-refractivity contribution >= 4 is 33.0 Å². The van der Waals surface area contributed by atoms with Crippen LogP contribution in [0.5, 0.6) is 0 Å². The number of piperidine rings is 1. The zero-order valence-electron chi connectivity index (χ0n) is 18.0. The maximum Gasteiger partial charge on any atom is 0.252 e. The minimum atomic E-state index is -3.72. The van der Waals surface area contributed by atoms with Gasteiger partial charge in [0.05, 0.1) is 17.8 Å². The standard InChI is InChI=1S/C22H25N5O4S2/c28-21(24-18-8-3-9-23-12-18)16-7-4-10-27(13-16)33(29,30)19-11-17(14-32-19)20-25-22(31-26-20)15-5-1-2-6-15/h3,8-9,11-12,14-16H,1-2,4-7,10,13H2,(H,24,28). The molecule has 1 atom stereocenters. The Morgan fingerprint density at radius 1 is 1.21 bits per heavy atom. The second-order valence-corrected chi connectivity index (χ2v) is 11.6. The molecule has 0 aromatic carbocycles. The van der Waals surface area contributed by atoms with Crippen LogP contribution in [0.3, 0.4) is 0 Å². The van der Waals surface area contributed by atoms with Crippen molar-refractivity contribution in [3.8, 4) is 11.4 Å². The van der Waals surface area contributed by atoms with Crippen LogP contribution in [-0.2, 0) is 14.8 Å². The number of hydrogen-bond donors (Lipinski definition) is 1. The highest BCUT2D eigenvalue weighted by Gasteiger charge is 2.34. The minimum Gasteiger partial charge on any atom is -0.339 e. The molecule has 0 radical (unpaired) electrons. The molecule has 2 fully saturated rings. The summed E-state index contributed by atoms with van der Waals surface area (Å²) in [6, 6.07) is 5.09. The molecule has 2 aliphatic rings. The first-order valence-electron chi connectivity index (χ1n) is 11.1. The smallest absolute Gasteiger partial charge is 0.252 e. The molecule has 1 aliphatic carbocycles. The zero-order chi connectivity index (χ0) is 22.8. The molecule has 1 saturated carbocycles. The fraction of sp³-hybridized carbons (Fsp3) is 0.455. The minimum absolute atomic E-state index is 0.149. The molecule has 1 unspecified atom stereocenters. The lowest BCUT2D eigenvalue weighted by Gasteiger charge is -2.30. The second-order valence-electron chi connectivity index (χ2n) is 8.53. The summed E-state index contributed by atoms with van der Waals surface area (Å²) >= 11 is 1.14. The van der Waals surface area contributed by atoms with Crippen molar-refractivity contribution in [3.05, 3.63) is 41.9 Å². The summed E-state index contributed by atoms with van der Waals surface area (Å²) in [5.41, 5.74) is 1.23.